The largest absolute Gasteiger partial charge is 0.394 e. The van der Waals surface area contributed by atoms with Gasteiger partial charge in [0.15, 0.2) is 18.9 Å². The maximum absolute atomic E-state index is 13.4. The molecule has 0 aromatic rings. The number of hydrogen-bond donors (Lipinski definition) is 12. The molecule has 0 aromatic heterocycles. The monoisotopic (exact) mass is 1300 g/mol. The average Bonchev–Trinajstić information content (AvgIpc) is 0.850. The van der Waals surface area contributed by atoms with E-state index in [1.807, 2.05) is 6.08 Å². The summed E-state index contributed by atoms with van der Waals surface area (Å²) in [5.41, 5.74) is 0. The molecule has 3 heterocycles. The van der Waals surface area contributed by atoms with Gasteiger partial charge in [0.1, 0.15) is 73.2 Å². The Balaban J connectivity index is 1.37. The van der Waals surface area contributed by atoms with Gasteiger partial charge in [-0.15, -0.1) is 0 Å². The normalized spacial score (nSPS) is 28.0. The Morgan fingerprint density at radius 3 is 1.15 bits per heavy atom. The zero-order chi connectivity index (χ0) is 66.1. The number of amides is 1. The van der Waals surface area contributed by atoms with Crippen LogP contribution in [0.3, 0.4) is 0 Å². The van der Waals surface area contributed by atoms with Crippen LogP contribution in [0, 0.1) is 0 Å². The van der Waals surface area contributed by atoms with Gasteiger partial charge < -0.3 is 89.9 Å². The second kappa shape index (κ2) is 54.1. The van der Waals surface area contributed by atoms with Gasteiger partial charge in [-0.2, -0.15) is 0 Å². The summed E-state index contributed by atoms with van der Waals surface area (Å²) in [5, 5.41) is 120. The van der Waals surface area contributed by atoms with Crippen molar-refractivity contribution in [1.29, 1.82) is 0 Å². The highest BCUT2D eigenvalue weighted by atomic mass is 16.8. The molecule has 91 heavy (non-hydrogen) atoms. The summed E-state index contributed by atoms with van der Waals surface area (Å²) in [6.07, 6.45) is 37.2. The number of ether oxygens (including phenoxy) is 6. The molecular weight excluding hydrogens is 1170 g/mol. The minimum Gasteiger partial charge on any atom is -0.394 e. The number of carbonyl (C=O) groups is 1. The summed E-state index contributed by atoms with van der Waals surface area (Å²) in [7, 11) is 0. The van der Waals surface area contributed by atoms with Gasteiger partial charge >= 0.3 is 0 Å². The second-order valence-electron chi connectivity index (χ2n) is 26.4. The Kier molecular flexibility index (Phi) is 49.5. The number of hydrogen-bond acceptors (Lipinski definition) is 18. The molecule has 3 aliphatic rings. The minimum absolute atomic E-state index is 0.227. The third-order valence-corrected chi connectivity index (χ3v) is 18.4. The van der Waals surface area contributed by atoms with Crippen LogP contribution in [0.4, 0.5) is 0 Å². The first kappa shape index (κ1) is 83.2. The van der Waals surface area contributed by atoms with E-state index in [-0.39, 0.29) is 18.9 Å². The van der Waals surface area contributed by atoms with Crippen molar-refractivity contribution < 1.29 is 89.4 Å². The lowest BCUT2D eigenvalue weighted by atomic mass is 9.96. The summed E-state index contributed by atoms with van der Waals surface area (Å²) >= 11 is 0. The molecule has 1 amide bonds. The topological polar surface area (TPSA) is 307 Å². The van der Waals surface area contributed by atoms with Gasteiger partial charge in [0.2, 0.25) is 5.91 Å². The highest BCUT2D eigenvalue weighted by Gasteiger charge is 2.53. The maximum atomic E-state index is 13.4. The van der Waals surface area contributed by atoms with Crippen LogP contribution in [0.2, 0.25) is 0 Å². The third-order valence-electron chi connectivity index (χ3n) is 18.4. The van der Waals surface area contributed by atoms with E-state index >= 15 is 0 Å². The van der Waals surface area contributed by atoms with E-state index in [0.29, 0.717) is 6.42 Å². The van der Waals surface area contributed by atoms with Gasteiger partial charge in [-0.1, -0.05) is 269 Å². The van der Waals surface area contributed by atoms with Crippen molar-refractivity contribution in [3.8, 4) is 0 Å². The molecular formula is C72H133NO18. The molecule has 19 heteroatoms. The molecule has 0 aliphatic carbocycles. The molecule has 3 fully saturated rings. The first-order valence-electron chi connectivity index (χ1n) is 36.7. The predicted molar refractivity (Wildman–Crippen MR) is 356 cm³/mol. The number of allylic oxidation sites excluding steroid dienone is 5. The molecule has 17 atom stereocenters. The molecule has 0 bridgehead atoms. The lowest BCUT2D eigenvalue weighted by Gasteiger charge is -2.48. The van der Waals surface area contributed by atoms with Gasteiger partial charge in [0, 0.05) is 6.42 Å². The first-order valence-corrected chi connectivity index (χ1v) is 36.7. The zero-order valence-electron chi connectivity index (χ0n) is 56.6. The summed E-state index contributed by atoms with van der Waals surface area (Å²) in [4.78, 5) is 13.4. The number of rotatable bonds is 57. The summed E-state index contributed by atoms with van der Waals surface area (Å²) < 4.78 is 34.3. The van der Waals surface area contributed by atoms with Crippen LogP contribution in [0.25, 0.3) is 0 Å². The van der Waals surface area contributed by atoms with Gasteiger partial charge in [0.25, 0.3) is 0 Å². The molecule has 12 N–H and O–H groups in total. The Bertz CT molecular complexity index is 1790. The van der Waals surface area contributed by atoms with Gasteiger partial charge in [-0.25, -0.2) is 0 Å². The van der Waals surface area contributed by atoms with Crippen molar-refractivity contribution in [3.63, 3.8) is 0 Å². The van der Waals surface area contributed by atoms with Crippen molar-refractivity contribution in [3.05, 3.63) is 36.5 Å². The molecule has 0 radical (unpaired) electrons. The van der Waals surface area contributed by atoms with Crippen LogP contribution >= 0.6 is 0 Å². The van der Waals surface area contributed by atoms with E-state index < -0.39 is 124 Å². The molecule has 3 saturated heterocycles. The van der Waals surface area contributed by atoms with Gasteiger partial charge in [-0.3, -0.25) is 4.79 Å². The molecule has 3 rings (SSSR count). The fraction of sp³-hybridized carbons (Fsp3) is 0.903. The zero-order valence-corrected chi connectivity index (χ0v) is 56.6. The Morgan fingerprint density at radius 1 is 0.396 bits per heavy atom. The Labute approximate surface area is 549 Å². The molecule has 19 nitrogen and oxygen atoms in total. The third kappa shape index (κ3) is 35.7. The van der Waals surface area contributed by atoms with E-state index in [1.165, 1.54) is 186 Å². The fourth-order valence-corrected chi connectivity index (χ4v) is 12.4. The lowest BCUT2D eigenvalue weighted by molar-refractivity contribution is -0.379. The second-order valence-corrected chi connectivity index (χ2v) is 26.4. The van der Waals surface area contributed by atoms with Crippen LogP contribution in [0.5, 0.6) is 0 Å². The van der Waals surface area contributed by atoms with Crippen LogP contribution in [0.1, 0.15) is 284 Å². The van der Waals surface area contributed by atoms with Gasteiger partial charge in [0.05, 0.1) is 38.6 Å². The lowest BCUT2D eigenvalue weighted by Crippen LogP contribution is -2.66. The van der Waals surface area contributed by atoms with Crippen molar-refractivity contribution in [1.82, 2.24) is 5.32 Å². The molecule has 0 saturated carbocycles. The van der Waals surface area contributed by atoms with E-state index in [1.54, 1.807) is 6.08 Å². The molecule has 17 unspecified atom stereocenters. The molecule has 534 valence electrons. The van der Waals surface area contributed by atoms with E-state index in [9.17, 15) is 61.0 Å². The summed E-state index contributed by atoms with van der Waals surface area (Å²) in [6.45, 7) is 1.70. The highest BCUT2D eigenvalue weighted by Crippen LogP contribution is 2.33. The predicted octanol–water partition coefficient (Wildman–Crippen LogP) is 10.4. The number of aliphatic hydroxyl groups excluding tert-OH is 11. The van der Waals surface area contributed by atoms with Crippen molar-refractivity contribution in [2.24, 2.45) is 0 Å². The average molecular weight is 1300 g/mol. The summed E-state index contributed by atoms with van der Waals surface area (Å²) in [6, 6.07) is -0.981. The van der Waals surface area contributed by atoms with E-state index in [4.69, 9.17) is 28.4 Å². The number of unbranched alkanes of at least 4 members (excludes halogenated alkanes) is 37. The van der Waals surface area contributed by atoms with Gasteiger partial charge in [-0.05, 0) is 44.9 Å². The summed E-state index contributed by atoms with van der Waals surface area (Å²) in [5.74, 6) is -0.288. The quantitative estimate of drug-likeness (QED) is 0.0199. The molecule has 3 aliphatic heterocycles. The maximum Gasteiger partial charge on any atom is 0.220 e. The SMILES string of the molecule is CCCC/C=C\C/C=C\CCCCCCCC(=O)NC(COC1OC(CO)C(OC2OC(CO)C(OC3OC(CO)C(O)C(O)C3O)C(O)C2O)C(O)C1O)C(O)/C=C/CCCCCCCCCCCCCCCCCCCCCCCCCCCCCCCC. The van der Waals surface area contributed by atoms with Crippen LogP contribution in [-0.4, -0.2) is 193 Å². The fourth-order valence-electron chi connectivity index (χ4n) is 12.4. The van der Waals surface area contributed by atoms with E-state index in [0.717, 1.165) is 70.6 Å². The van der Waals surface area contributed by atoms with Crippen LogP contribution < -0.4 is 5.32 Å². The first-order chi connectivity index (χ1) is 44.3. The number of nitrogens with one attached hydrogen (secondary N) is 1. The van der Waals surface area contributed by atoms with Crippen molar-refractivity contribution >= 4 is 5.91 Å². The van der Waals surface area contributed by atoms with Crippen molar-refractivity contribution in [2.45, 2.75) is 388 Å². The standard InChI is InChI=1S/C72H133NO18/c1-3-5-7-9-11-13-15-17-19-20-21-22-23-24-25-26-27-28-29-30-31-32-33-34-35-36-37-39-41-43-45-47-49-56(77)55(73-60(78)50-48-46-44-42-40-38-18-16-14-12-10-8-6-4-2)54-86-70-66(84)63(81)68(58(52-75)88-70)91-72-67(85)64(82)69(59(53-76)89-72)90-71-65(83)62(80)61(79)57(51-74)87-71/h10,12,16,18,47,49,55-59,61-72,74-77,79-85H,3-9,11,13-15,17,19-46,48,50-54H2,1-2H3,(H,73,78)/b12-10-,18-16-,49-47+. The van der Waals surface area contributed by atoms with Crippen LogP contribution in [-0.2, 0) is 33.2 Å². The Hall–Kier alpha value is -1.99. The van der Waals surface area contributed by atoms with Crippen molar-refractivity contribution in [2.75, 3.05) is 26.4 Å². The molecule has 0 spiro atoms. The highest BCUT2D eigenvalue weighted by molar-refractivity contribution is 5.76. The van der Waals surface area contributed by atoms with Crippen LogP contribution in [0.15, 0.2) is 36.5 Å². The smallest absolute Gasteiger partial charge is 0.220 e. The number of aliphatic hydroxyl groups is 11. The molecule has 0 aromatic carbocycles. The van der Waals surface area contributed by atoms with E-state index in [2.05, 4.69) is 43.5 Å². The number of carbonyl (C=O) groups excluding carboxylic acids is 1. The Morgan fingerprint density at radius 2 is 0.736 bits per heavy atom. The minimum atomic E-state index is -1.98.